The zero-order chi connectivity index (χ0) is 14.8. The van der Waals surface area contributed by atoms with Crippen molar-refractivity contribution in [2.24, 2.45) is 0 Å². The van der Waals surface area contributed by atoms with Crippen molar-refractivity contribution in [1.29, 1.82) is 5.41 Å². The van der Waals surface area contributed by atoms with Gasteiger partial charge in [0.1, 0.15) is 5.82 Å². The second-order valence-electron chi connectivity index (χ2n) is 4.48. The molecular weight excluding hydrogens is 271 g/mol. The van der Waals surface area contributed by atoms with Gasteiger partial charge in [0.25, 0.3) is 0 Å². The number of hydrogen-bond donors (Lipinski definition) is 3. The summed E-state index contributed by atoms with van der Waals surface area (Å²) in [6.45, 7) is 2.62. The molecule has 0 aliphatic carbocycles. The van der Waals surface area contributed by atoms with E-state index in [9.17, 15) is 4.39 Å². The SMILES string of the molecule is C/C=C/C=C(/CCc1ccc(F)cc1)C(=N)CCNS. The minimum Gasteiger partial charge on any atom is -0.305 e. The summed E-state index contributed by atoms with van der Waals surface area (Å²) in [7, 11) is 0. The first-order valence-electron chi connectivity index (χ1n) is 6.68. The van der Waals surface area contributed by atoms with Crippen LogP contribution in [0.1, 0.15) is 25.3 Å². The van der Waals surface area contributed by atoms with Gasteiger partial charge in [-0.15, -0.1) is 0 Å². The van der Waals surface area contributed by atoms with Gasteiger partial charge >= 0.3 is 0 Å². The molecule has 1 aromatic rings. The van der Waals surface area contributed by atoms with Gasteiger partial charge in [0, 0.05) is 18.7 Å². The first kappa shape index (κ1) is 16.7. The van der Waals surface area contributed by atoms with Crippen molar-refractivity contribution >= 4 is 18.5 Å². The number of aryl methyl sites for hydroxylation is 1. The topological polar surface area (TPSA) is 35.9 Å². The summed E-state index contributed by atoms with van der Waals surface area (Å²) in [5, 5.41) is 8.09. The molecule has 0 amide bonds. The Morgan fingerprint density at radius 3 is 2.60 bits per heavy atom. The monoisotopic (exact) mass is 292 g/mol. The van der Waals surface area contributed by atoms with Gasteiger partial charge in [0.05, 0.1) is 0 Å². The van der Waals surface area contributed by atoms with Crippen molar-refractivity contribution in [2.75, 3.05) is 6.54 Å². The standard InChI is InChI=1S/C16H21FN2S/c1-2-3-4-14(16(18)11-12-19-20)8-5-13-6-9-15(17)10-7-13/h2-4,6-7,9-10,18-20H,5,8,11-12H2,1H3/b3-2+,14-4-,18-16?. The number of hydrogen-bond acceptors (Lipinski definition) is 3. The molecule has 0 bridgehead atoms. The predicted molar refractivity (Wildman–Crippen MR) is 87.0 cm³/mol. The second-order valence-corrected chi connectivity index (χ2v) is 4.80. The molecule has 0 aromatic heterocycles. The Bertz CT molecular complexity index is 478. The molecule has 4 heteroatoms. The van der Waals surface area contributed by atoms with E-state index in [2.05, 4.69) is 17.5 Å². The fourth-order valence-corrected chi connectivity index (χ4v) is 1.93. The first-order valence-corrected chi connectivity index (χ1v) is 7.13. The van der Waals surface area contributed by atoms with E-state index < -0.39 is 0 Å². The number of benzene rings is 1. The summed E-state index contributed by atoms with van der Waals surface area (Å²) in [5.41, 5.74) is 2.71. The fraction of sp³-hybridized carbons (Fsp3) is 0.312. The average molecular weight is 292 g/mol. The fourth-order valence-electron chi connectivity index (χ4n) is 1.82. The van der Waals surface area contributed by atoms with E-state index in [1.807, 2.05) is 25.2 Å². The van der Waals surface area contributed by atoms with Crippen LogP contribution in [0.15, 0.2) is 48.1 Å². The molecule has 1 aromatic carbocycles. The van der Waals surface area contributed by atoms with Gasteiger partial charge in [-0.05, 0) is 43.0 Å². The molecule has 20 heavy (non-hydrogen) atoms. The number of nitrogens with one attached hydrogen (secondary N) is 2. The van der Waals surface area contributed by atoms with Crippen molar-refractivity contribution in [3.8, 4) is 0 Å². The van der Waals surface area contributed by atoms with Crippen molar-refractivity contribution in [2.45, 2.75) is 26.2 Å². The second kappa shape index (κ2) is 9.50. The van der Waals surface area contributed by atoms with Gasteiger partial charge in [-0.2, -0.15) is 0 Å². The van der Waals surface area contributed by atoms with Gasteiger partial charge in [-0.3, -0.25) is 4.72 Å². The molecule has 0 heterocycles. The minimum atomic E-state index is -0.217. The van der Waals surface area contributed by atoms with E-state index >= 15 is 0 Å². The number of thiol groups is 1. The van der Waals surface area contributed by atoms with Crippen LogP contribution in [-0.2, 0) is 6.42 Å². The summed E-state index contributed by atoms with van der Waals surface area (Å²) in [6.07, 6.45) is 8.10. The minimum absolute atomic E-state index is 0.217. The lowest BCUT2D eigenvalue weighted by Gasteiger charge is -2.09. The van der Waals surface area contributed by atoms with Crippen LogP contribution in [-0.4, -0.2) is 12.3 Å². The first-order chi connectivity index (χ1) is 9.67. The number of allylic oxidation sites excluding steroid dienone is 4. The maximum atomic E-state index is 12.9. The van der Waals surface area contributed by atoms with Crippen molar-refractivity contribution < 1.29 is 4.39 Å². The maximum absolute atomic E-state index is 12.9. The van der Waals surface area contributed by atoms with Gasteiger partial charge in [-0.25, -0.2) is 4.39 Å². The van der Waals surface area contributed by atoms with E-state index in [1.165, 1.54) is 12.1 Å². The lowest BCUT2D eigenvalue weighted by molar-refractivity contribution is 0.627. The van der Waals surface area contributed by atoms with E-state index in [-0.39, 0.29) is 5.82 Å². The largest absolute Gasteiger partial charge is 0.305 e. The lowest BCUT2D eigenvalue weighted by atomic mass is 9.99. The summed E-state index contributed by atoms with van der Waals surface area (Å²) in [4.78, 5) is 0. The molecule has 0 saturated heterocycles. The normalized spacial score (nSPS) is 12.1. The summed E-state index contributed by atoms with van der Waals surface area (Å²) in [6, 6.07) is 6.53. The number of rotatable bonds is 8. The van der Waals surface area contributed by atoms with Crippen LogP contribution in [0.5, 0.6) is 0 Å². The smallest absolute Gasteiger partial charge is 0.123 e. The van der Waals surface area contributed by atoms with Crippen LogP contribution in [0.25, 0.3) is 0 Å². The highest BCUT2D eigenvalue weighted by molar-refractivity contribution is 7.78. The highest BCUT2D eigenvalue weighted by atomic mass is 32.1. The van der Waals surface area contributed by atoms with Crippen molar-refractivity contribution in [3.05, 3.63) is 59.4 Å². The molecular formula is C16H21FN2S. The van der Waals surface area contributed by atoms with E-state index in [0.717, 1.165) is 24.0 Å². The van der Waals surface area contributed by atoms with Crippen molar-refractivity contribution in [1.82, 2.24) is 4.72 Å². The Kier molecular flexibility index (Phi) is 7.92. The van der Waals surface area contributed by atoms with E-state index in [0.29, 0.717) is 18.7 Å². The Labute approximate surface area is 125 Å². The molecule has 2 N–H and O–H groups in total. The molecule has 0 spiro atoms. The molecule has 0 atom stereocenters. The van der Waals surface area contributed by atoms with Crippen LogP contribution in [0.4, 0.5) is 4.39 Å². The number of halogens is 1. The third kappa shape index (κ3) is 6.17. The highest BCUT2D eigenvalue weighted by Gasteiger charge is 2.05. The molecule has 0 saturated carbocycles. The Morgan fingerprint density at radius 2 is 2.00 bits per heavy atom. The Hall–Kier alpha value is -1.39. The molecule has 0 fully saturated rings. The van der Waals surface area contributed by atoms with Gasteiger partial charge in [-0.1, -0.05) is 43.2 Å². The van der Waals surface area contributed by atoms with Crippen LogP contribution in [0, 0.1) is 11.2 Å². The quantitative estimate of drug-likeness (QED) is 0.376. The van der Waals surface area contributed by atoms with Crippen LogP contribution in [0.3, 0.4) is 0 Å². The molecule has 0 radical (unpaired) electrons. The summed E-state index contributed by atoms with van der Waals surface area (Å²) in [5.74, 6) is -0.217. The van der Waals surface area contributed by atoms with Crippen LogP contribution < -0.4 is 4.72 Å². The summed E-state index contributed by atoms with van der Waals surface area (Å²) < 4.78 is 15.6. The predicted octanol–water partition coefficient (Wildman–Crippen LogP) is 4.11. The molecule has 0 unspecified atom stereocenters. The average Bonchev–Trinajstić information content (AvgIpc) is 2.46. The van der Waals surface area contributed by atoms with E-state index in [1.54, 1.807) is 12.1 Å². The molecule has 0 aliphatic rings. The Balaban J connectivity index is 2.65. The molecule has 108 valence electrons. The van der Waals surface area contributed by atoms with Gasteiger partial charge < -0.3 is 5.41 Å². The highest BCUT2D eigenvalue weighted by Crippen LogP contribution is 2.13. The van der Waals surface area contributed by atoms with Crippen molar-refractivity contribution in [3.63, 3.8) is 0 Å². The third-order valence-corrected chi connectivity index (χ3v) is 3.18. The zero-order valence-corrected chi connectivity index (χ0v) is 12.6. The van der Waals surface area contributed by atoms with Crippen LogP contribution >= 0.6 is 12.8 Å². The lowest BCUT2D eigenvalue weighted by Crippen LogP contribution is -2.11. The third-order valence-electron chi connectivity index (χ3n) is 2.96. The zero-order valence-electron chi connectivity index (χ0n) is 11.7. The van der Waals surface area contributed by atoms with Gasteiger partial charge in [0.15, 0.2) is 0 Å². The molecule has 0 aliphatic heterocycles. The van der Waals surface area contributed by atoms with Gasteiger partial charge in [0.2, 0.25) is 0 Å². The Morgan fingerprint density at radius 1 is 1.30 bits per heavy atom. The van der Waals surface area contributed by atoms with Crippen LogP contribution in [0.2, 0.25) is 0 Å². The molecule has 2 nitrogen and oxygen atoms in total. The van der Waals surface area contributed by atoms with E-state index in [4.69, 9.17) is 5.41 Å². The molecule has 1 rings (SSSR count). The maximum Gasteiger partial charge on any atom is 0.123 e. The summed E-state index contributed by atoms with van der Waals surface area (Å²) >= 11 is 3.94.